The highest BCUT2D eigenvalue weighted by Gasteiger charge is 2.67. The number of carbonyl (C=O) groups excluding carboxylic acids is 2. The molecule has 3 atom stereocenters. The lowest BCUT2D eigenvalue weighted by Gasteiger charge is -2.49. The first-order valence-electron chi connectivity index (χ1n) is 9.51. The van der Waals surface area contributed by atoms with Gasteiger partial charge in [0.25, 0.3) is 0 Å². The van der Waals surface area contributed by atoms with Crippen molar-refractivity contribution in [3.63, 3.8) is 0 Å². The van der Waals surface area contributed by atoms with Crippen LogP contribution in [-0.4, -0.2) is 17.9 Å². The van der Waals surface area contributed by atoms with Crippen LogP contribution in [0.15, 0.2) is 42.5 Å². The standard InChI is InChI=1S/C22H20Cl2N2O2/c1-21(7-8-21)19-22(15-6-5-14(24)10-17(15)25-20(22)28)16(11-18(27)26-19)12-3-2-4-13(23)9-12/h2-6,9-10,16,19H,7-8,11H2,1H3,(H,25,28)(H,26,27). The second kappa shape index (κ2) is 5.98. The first-order chi connectivity index (χ1) is 13.3. The van der Waals surface area contributed by atoms with Gasteiger partial charge >= 0.3 is 0 Å². The van der Waals surface area contributed by atoms with E-state index in [9.17, 15) is 9.59 Å². The van der Waals surface area contributed by atoms with Gasteiger partial charge < -0.3 is 10.6 Å². The van der Waals surface area contributed by atoms with Gasteiger partial charge in [0.2, 0.25) is 11.8 Å². The minimum Gasteiger partial charge on any atom is -0.351 e. The highest BCUT2D eigenvalue weighted by Crippen LogP contribution is 2.62. The van der Waals surface area contributed by atoms with Crippen molar-refractivity contribution >= 4 is 40.7 Å². The Balaban J connectivity index is 1.78. The second-order valence-corrected chi connectivity index (χ2v) is 9.35. The number of benzene rings is 2. The van der Waals surface area contributed by atoms with Gasteiger partial charge in [-0.2, -0.15) is 0 Å². The Labute approximate surface area is 173 Å². The normalized spacial score (nSPS) is 30.0. The summed E-state index contributed by atoms with van der Waals surface area (Å²) in [7, 11) is 0. The smallest absolute Gasteiger partial charge is 0.237 e. The maximum absolute atomic E-state index is 13.6. The van der Waals surface area contributed by atoms with E-state index in [4.69, 9.17) is 23.2 Å². The van der Waals surface area contributed by atoms with Gasteiger partial charge in [-0.05, 0) is 53.6 Å². The molecule has 5 rings (SSSR count). The molecule has 1 spiro atoms. The Morgan fingerprint density at radius 1 is 1.04 bits per heavy atom. The fraction of sp³-hybridized carbons (Fsp3) is 0.364. The van der Waals surface area contributed by atoms with Gasteiger partial charge in [-0.1, -0.05) is 48.3 Å². The zero-order valence-electron chi connectivity index (χ0n) is 15.4. The van der Waals surface area contributed by atoms with E-state index in [1.165, 1.54) is 0 Å². The van der Waals surface area contributed by atoms with Crippen LogP contribution in [0.3, 0.4) is 0 Å². The second-order valence-electron chi connectivity index (χ2n) is 8.48. The average Bonchev–Trinajstić information content (AvgIpc) is 3.33. The number of hydrogen-bond acceptors (Lipinski definition) is 2. The Morgan fingerprint density at radius 3 is 2.50 bits per heavy atom. The van der Waals surface area contributed by atoms with Crippen molar-refractivity contribution in [2.24, 2.45) is 5.41 Å². The Kier molecular flexibility index (Phi) is 3.85. The third-order valence-corrected chi connectivity index (χ3v) is 7.21. The molecule has 1 saturated heterocycles. The summed E-state index contributed by atoms with van der Waals surface area (Å²) in [6, 6.07) is 12.8. The van der Waals surface area contributed by atoms with Crippen molar-refractivity contribution in [2.75, 3.05) is 5.32 Å². The average molecular weight is 415 g/mol. The van der Waals surface area contributed by atoms with Gasteiger partial charge in [-0.15, -0.1) is 0 Å². The Hall–Kier alpha value is -2.04. The summed E-state index contributed by atoms with van der Waals surface area (Å²) < 4.78 is 0. The largest absolute Gasteiger partial charge is 0.351 e. The van der Waals surface area contributed by atoms with Gasteiger partial charge in [-0.25, -0.2) is 0 Å². The lowest BCUT2D eigenvalue weighted by molar-refractivity contribution is -0.132. The van der Waals surface area contributed by atoms with Gasteiger partial charge in [-0.3, -0.25) is 9.59 Å². The molecule has 1 saturated carbocycles. The quantitative estimate of drug-likeness (QED) is 0.750. The number of piperidine rings is 1. The molecule has 0 aromatic heterocycles. The van der Waals surface area contributed by atoms with Gasteiger partial charge in [0.05, 0.1) is 6.04 Å². The number of hydrogen-bond donors (Lipinski definition) is 2. The van der Waals surface area contributed by atoms with E-state index >= 15 is 0 Å². The molecule has 3 unspecified atom stereocenters. The van der Waals surface area contributed by atoms with Crippen LogP contribution in [0.2, 0.25) is 10.0 Å². The minimum absolute atomic E-state index is 0.0241. The number of rotatable bonds is 2. The van der Waals surface area contributed by atoms with E-state index in [1.54, 1.807) is 6.07 Å². The molecular formula is C22H20Cl2N2O2. The number of fused-ring (bicyclic) bond motifs is 2. The third-order valence-electron chi connectivity index (χ3n) is 6.74. The fourth-order valence-corrected chi connectivity index (χ4v) is 5.53. The molecule has 3 aliphatic rings. The van der Waals surface area contributed by atoms with E-state index in [0.29, 0.717) is 10.0 Å². The molecule has 6 heteroatoms. The number of anilines is 1. The summed E-state index contributed by atoms with van der Waals surface area (Å²) in [5, 5.41) is 7.41. The summed E-state index contributed by atoms with van der Waals surface area (Å²) in [5.74, 6) is -0.401. The number of nitrogens with one attached hydrogen (secondary N) is 2. The number of halogens is 2. The molecule has 144 valence electrons. The van der Waals surface area contributed by atoms with Crippen molar-refractivity contribution in [1.82, 2.24) is 5.32 Å². The summed E-state index contributed by atoms with van der Waals surface area (Å²) in [4.78, 5) is 26.4. The van der Waals surface area contributed by atoms with E-state index in [0.717, 1.165) is 29.7 Å². The highest BCUT2D eigenvalue weighted by atomic mass is 35.5. The lowest BCUT2D eigenvalue weighted by atomic mass is 9.57. The third kappa shape index (κ3) is 2.44. The SMILES string of the molecule is CC1(C2NC(=O)CC(c3cccc(Cl)c3)C23C(=O)Nc2cc(Cl)ccc23)CC1. The van der Waals surface area contributed by atoms with Crippen molar-refractivity contribution in [3.8, 4) is 0 Å². The van der Waals surface area contributed by atoms with Crippen molar-refractivity contribution in [3.05, 3.63) is 63.6 Å². The lowest BCUT2D eigenvalue weighted by Crippen LogP contribution is -2.64. The minimum atomic E-state index is -0.885. The van der Waals surface area contributed by atoms with Crippen LogP contribution in [0.1, 0.15) is 43.2 Å². The first-order valence-corrected chi connectivity index (χ1v) is 10.3. The van der Waals surface area contributed by atoms with E-state index < -0.39 is 5.41 Å². The molecule has 2 N–H and O–H groups in total. The van der Waals surface area contributed by atoms with Crippen LogP contribution >= 0.6 is 23.2 Å². The first kappa shape index (κ1) is 18.0. The van der Waals surface area contributed by atoms with Crippen molar-refractivity contribution < 1.29 is 9.59 Å². The Bertz CT molecular complexity index is 1020. The maximum Gasteiger partial charge on any atom is 0.237 e. The maximum atomic E-state index is 13.6. The zero-order valence-corrected chi connectivity index (χ0v) is 16.9. The molecular weight excluding hydrogens is 395 g/mol. The van der Waals surface area contributed by atoms with Crippen molar-refractivity contribution in [2.45, 2.75) is 43.6 Å². The van der Waals surface area contributed by atoms with Crippen LogP contribution < -0.4 is 10.6 Å². The van der Waals surface area contributed by atoms with Crippen LogP contribution in [0.25, 0.3) is 0 Å². The summed E-state index contributed by atoms with van der Waals surface area (Å²) in [5.41, 5.74) is 1.56. The highest BCUT2D eigenvalue weighted by molar-refractivity contribution is 6.31. The van der Waals surface area contributed by atoms with E-state index in [-0.39, 0.29) is 35.6 Å². The molecule has 2 aromatic carbocycles. The molecule has 0 bridgehead atoms. The molecule has 2 amide bonds. The predicted octanol–water partition coefficient (Wildman–Crippen LogP) is 4.66. The molecule has 1 aliphatic carbocycles. The van der Waals surface area contributed by atoms with Gasteiger partial charge in [0.1, 0.15) is 5.41 Å². The monoisotopic (exact) mass is 414 g/mol. The molecule has 4 nitrogen and oxygen atoms in total. The van der Waals surface area contributed by atoms with Crippen LogP contribution in [0.5, 0.6) is 0 Å². The fourth-order valence-electron chi connectivity index (χ4n) is 5.16. The van der Waals surface area contributed by atoms with E-state index in [2.05, 4.69) is 17.6 Å². The summed E-state index contributed by atoms with van der Waals surface area (Å²) in [6.45, 7) is 2.15. The summed E-state index contributed by atoms with van der Waals surface area (Å²) in [6.07, 6.45) is 2.21. The molecule has 2 aromatic rings. The molecule has 0 radical (unpaired) electrons. The molecule has 28 heavy (non-hydrogen) atoms. The van der Waals surface area contributed by atoms with Gasteiger partial charge in [0.15, 0.2) is 0 Å². The van der Waals surface area contributed by atoms with Crippen LogP contribution in [0.4, 0.5) is 5.69 Å². The molecule has 2 fully saturated rings. The summed E-state index contributed by atoms with van der Waals surface area (Å²) >= 11 is 12.5. The predicted molar refractivity (Wildman–Crippen MR) is 110 cm³/mol. The molecule has 2 heterocycles. The van der Waals surface area contributed by atoms with Crippen LogP contribution in [-0.2, 0) is 15.0 Å². The van der Waals surface area contributed by atoms with Crippen LogP contribution in [0, 0.1) is 5.41 Å². The zero-order chi connectivity index (χ0) is 19.7. The topological polar surface area (TPSA) is 58.2 Å². The number of amides is 2. The van der Waals surface area contributed by atoms with Gasteiger partial charge in [0, 0.05) is 28.1 Å². The van der Waals surface area contributed by atoms with E-state index in [1.807, 2.05) is 36.4 Å². The molecule has 2 aliphatic heterocycles. The number of carbonyl (C=O) groups is 2. The van der Waals surface area contributed by atoms with Crippen molar-refractivity contribution in [1.29, 1.82) is 0 Å². The Morgan fingerprint density at radius 2 is 1.79 bits per heavy atom.